The maximum Gasteiger partial charge on any atom is 0.204 e. The maximum absolute atomic E-state index is 10.0. The number of rotatable bonds is 3. The van der Waals surface area contributed by atoms with E-state index >= 15 is 0 Å². The number of aliphatic hydroxyl groups is 1. The van der Waals surface area contributed by atoms with Crippen molar-refractivity contribution in [1.82, 2.24) is 0 Å². The van der Waals surface area contributed by atoms with Gasteiger partial charge >= 0.3 is 0 Å². The van der Waals surface area contributed by atoms with E-state index in [-0.39, 0.29) is 17.4 Å². The quantitative estimate of drug-likeness (QED) is 0.486. The first-order chi connectivity index (χ1) is 5.70. The third-order valence-electron chi connectivity index (χ3n) is 2.12. The molecule has 0 aromatic rings. The van der Waals surface area contributed by atoms with E-state index < -0.39 is 6.10 Å². The van der Waals surface area contributed by atoms with Crippen LogP contribution in [0, 0.1) is 16.0 Å². The number of ether oxygens (including phenoxy) is 1. The molecule has 0 aromatic heterocycles. The van der Waals surface area contributed by atoms with E-state index in [1.807, 2.05) is 0 Å². The molecule has 1 aliphatic heterocycles. The fourth-order valence-electron chi connectivity index (χ4n) is 1.33. The zero-order valence-corrected chi connectivity index (χ0v) is 6.81. The molecule has 0 bridgehead atoms. The first-order valence-electron chi connectivity index (χ1n) is 4.08. The largest absolute Gasteiger partial charge is 0.393 e. The Kier molecular flexibility index (Phi) is 3.43. The van der Waals surface area contributed by atoms with Gasteiger partial charge in [0.2, 0.25) is 6.54 Å². The van der Waals surface area contributed by atoms with Crippen molar-refractivity contribution < 1.29 is 14.8 Å². The predicted octanol–water partition coefficient (Wildman–Crippen LogP) is 0.0506. The van der Waals surface area contributed by atoms with Crippen LogP contribution in [0.5, 0.6) is 0 Å². The lowest BCUT2D eigenvalue weighted by Crippen LogP contribution is -2.33. The van der Waals surface area contributed by atoms with Crippen LogP contribution in [0.4, 0.5) is 0 Å². The van der Waals surface area contributed by atoms with Crippen molar-refractivity contribution in [1.29, 1.82) is 0 Å². The summed E-state index contributed by atoms with van der Waals surface area (Å²) in [6.45, 7) is 0.941. The van der Waals surface area contributed by atoms with Crippen LogP contribution in [0.2, 0.25) is 0 Å². The maximum atomic E-state index is 10.0. The number of aliphatic hydroxyl groups excluding tert-OH is 1. The second-order valence-corrected chi connectivity index (χ2v) is 3.04. The standard InChI is InChI=1S/C7H13NO4/c9-7-2-4-12-5-6(7)1-3-8(10)11/h6-7,9H,1-5H2/t6?,7-/m0/s1. The molecule has 0 aliphatic carbocycles. The van der Waals surface area contributed by atoms with Gasteiger partial charge in [-0.2, -0.15) is 0 Å². The average molecular weight is 175 g/mol. The summed E-state index contributed by atoms with van der Waals surface area (Å²) in [5, 5.41) is 19.4. The van der Waals surface area contributed by atoms with Crippen LogP contribution < -0.4 is 0 Å². The van der Waals surface area contributed by atoms with Crippen LogP contribution in [0.3, 0.4) is 0 Å². The average Bonchev–Trinajstić information content (AvgIpc) is 2.03. The van der Waals surface area contributed by atoms with E-state index in [4.69, 9.17) is 4.74 Å². The number of hydrogen-bond donors (Lipinski definition) is 1. The minimum Gasteiger partial charge on any atom is -0.393 e. The van der Waals surface area contributed by atoms with Gasteiger partial charge in [-0.15, -0.1) is 0 Å². The van der Waals surface area contributed by atoms with Crippen molar-refractivity contribution >= 4 is 0 Å². The molecule has 1 saturated heterocycles. The van der Waals surface area contributed by atoms with Gasteiger partial charge in [-0.05, 0) is 6.42 Å². The molecule has 1 N–H and O–H groups in total. The topological polar surface area (TPSA) is 72.6 Å². The Bertz CT molecular complexity index is 161. The summed E-state index contributed by atoms with van der Waals surface area (Å²) >= 11 is 0. The Balaban J connectivity index is 2.24. The Morgan fingerprint density at radius 3 is 3.00 bits per heavy atom. The molecular formula is C7H13NO4. The lowest BCUT2D eigenvalue weighted by atomic mass is 9.95. The highest BCUT2D eigenvalue weighted by atomic mass is 16.6. The lowest BCUT2D eigenvalue weighted by molar-refractivity contribution is -0.482. The first kappa shape index (κ1) is 9.41. The molecule has 12 heavy (non-hydrogen) atoms. The molecule has 1 fully saturated rings. The third-order valence-corrected chi connectivity index (χ3v) is 2.12. The molecule has 70 valence electrons. The summed E-state index contributed by atoms with van der Waals surface area (Å²) < 4.78 is 5.10. The van der Waals surface area contributed by atoms with Crippen LogP contribution in [0.1, 0.15) is 12.8 Å². The van der Waals surface area contributed by atoms with Crippen molar-refractivity contribution in [3.05, 3.63) is 10.1 Å². The van der Waals surface area contributed by atoms with E-state index in [9.17, 15) is 15.2 Å². The molecule has 1 heterocycles. The van der Waals surface area contributed by atoms with Gasteiger partial charge in [-0.25, -0.2) is 0 Å². The van der Waals surface area contributed by atoms with Crippen molar-refractivity contribution in [3.8, 4) is 0 Å². The Morgan fingerprint density at radius 2 is 2.42 bits per heavy atom. The van der Waals surface area contributed by atoms with Gasteiger partial charge in [0.05, 0.1) is 12.7 Å². The molecular weight excluding hydrogens is 162 g/mol. The lowest BCUT2D eigenvalue weighted by Gasteiger charge is -2.26. The Morgan fingerprint density at radius 1 is 1.67 bits per heavy atom. The summed E-state index contributed by atoms with van der Waals surface area (Å²) in [6.07, 6.45) is 0.593. The van der Waals surface area contributed by atoms with Gasteiger partial charge in [0, 0.05) is 23.9 Å². The van der Waals surface area contributed by atoms with Crippen LogP contribution in [-0.2, 0) is 4.74 Å². The number of nitro groups is 1. The fraction of sp³-hybridized carbons (Fsp3) is 1.00. The van der Waals surface area contributed by atoms with E-state index in [0.717, 1.165) is 0 Å². The third kappa shape index (κ3) is 2.75. The minimum atomic E-state index is -0.418. The fourth-order valence-corrected chi connectivity index (χ4v) is 1.33. The van der Waals surface area contributed by atoms with Crippen LogP contribution in [0.25, 0.3) is 0 Å². The summed E-state index contributed by atoms with van der Waals surface area (Å²) in [5.74, 6) is -0.0517. The van der Waals surface area contributed by atoms with Crippen LogP contribution in [0.15, 0.2) is 0 Å². The Labute approximate surface area is 70.5 Å². The highest BCUT2D eigenvalue weighted by Gasteiger charge is 2.24. The monoisotopic (exact) mass is 175 g/mol. The molecule has 0 radical (unpaired) electrons. The van der Waals surface area contributed by atoms with Gasteiger partial charge in [0.15, 0.2) is 0 Å². The molecule has 2 atom stereocenters. The smallest absolute Gasteiger partial charge is 0.204 e. The summed E-state index contributed by atoms with van der Waals surface area (Å²) in [6, 6.07) is 0. The van der Waals surface area contributed by atoms with E-state index in [1.165, 1.54) is 0 Å². The van der Waals surface area contributed by atoms with Crippen LogP contribution in [-0.4, -0.2) is 35.9 Å². The van der Waals surface area contributed by atoms with Gasteiger partial charge < -0.3 is 9.84 Å². The molecule has 1 unspecified atom stereocenters. The summed E-state index contributed by atoms with van der Waals surface area (Å²) in [7, 11) is 0. The van der Waals surface area contributed by atoms with Crippen molar-refractivity contribution in [3.63, 3.8) is 0 Å². The zero-order chi connectivity index (χ0) is 8.97. The number of hydrogen-bond acceptors (Lipinski definition) is 4. The molecule has 5 heteroatoms. The van der Waals surface area contributed by atoms with E-state index in [0.29, 0.717) is 26.1 Å². The predicted molar refractivity (Wildman–Crippen MR) is 41.4 cm³/mol. The van der Waals surface area contributed by atoms with Crippen molar-refractivity contribution in [2.45, 2.75) is 18.9 Å². The second-order valence-electron chi connectivity index (χ2n) is 3.04. The Hall–Kier alpha value is -0.680. The van der Waals surface area contributed by atoms with E-state index in [2.05, 4.69) is 0 Å². The highest BCUT2D eigenvalue weighted by Crippen LogP contribution is 2.17. The van der Waals surface area contributed by atoms with E-state index in [1.54, 1.807) is 0 Å². The molecule has 1 aliphatic rings. The zero-order valence-electron chi connectivity index (χ0n) is 6.81. The molecule has 0 amide bonds. The molecule has 5 nitrogen and oxygen atoms in total. The van der Waals surface area contributed by atoms with Crippen LogP contribution >= 0.6 is 0 Å². The van der Waals surface area contributed by atoms with Crippen molar-refractivity contribution in [2.75, 3.05) is 19.8 Å². The second kappa shape index (κ2) is 4.37. The summed E-state index contributed by atoms with van der Waals surface area (Å²) in [5.41, 5.74) is 0. The molecule has 0 aromatic carbocycles. The van der Waals surface area contributed by atoms with Gasteiger partial charge in [0.25, 0.3) is 0 Å². The molecule has 1 rings (SSSR count). The van der Waals surface area contributed by atoms with Crippen molar-refractivity contribution in [2.24, 2.45) is 5.92 Å². The molecule has 0 saturated carbocycles. The minimum absolute atomic E-state index is 0.0517. The normalized spacial score (nSPS) is 30.1. The number of nitrogens with zero attached hydrogens (tertiary/aromatic N) is 1. The SMILES string of the molecule is O=[N+]([O-])CCC1COCC[C@@H]1O. The van der Waals surface area contributed by atoms with Gasteiger partial charge in [-0.3, -0.25) is 10.1 Å². The highest BCUT2D eigenvalue weighted by molar-refractivity contribution is 4.71. The first-order valence-corrected chi connectivity index (χ1v) is 4.08. The van der Waals surface area contributed by atoms with Gasteiger partial charge in [-0.1, -0.05) is 0 Å². The molecule has 0 spiro atoms. The summed E-state index contributed by atoms with van der Waals surface area (Å²) in [4.78, 5) is 9.67. The van der Waals surface area contributed by atoms with Gasteiger partial charge in [0.1, 0.15) is 0 Å².